The Bertz CT molecular complexity index is 776. The van der Waals surface area contributed by atoms with Gasteiger partial charge in [-0.05, 0) is 26.0 Å². The van der Waals surface area contributed by atoms with Gasteiger partial charge in [0, 0.05) is 29.2 Å². The molecular formula is C18H19BrN2O3. The molecule has 4 rings (SSSR count). The fourth-order valence-corrected chi connectivity index (χ4v) is 3.80. The molecule has 1 fully saturated rings. The number of halogens is 1. The van der Waals surface area contributed by atoms with Crippen molar-refractivity contribution in [2.45, 2.75) is 19.4 Å². The van der Waals surface area contributed by atoms with Gasteiger partial charge >= 0.3 is 0 Å². The van der Waals surface area contributed by atoms with E-state index in [1.54, 1.807) is 0 Å². The van der Waals surface area contributed by atoms with Gasteiger partial charge in [-0.15, -0.1) is 0 Å². The van der Waals surface area contributed by atoms with Crippen molar-refractivity contribution in [1.82, 2.24) is 4.90 Å². The van der Waals surface area contributed by atoms with Crippen molar-refractivity contribution in [1.29, 1.82) is 0 Å². The molecular weight excluding hydrogens is 372 g/mol. The van der Waals surface area contributed by atoms with Crippen LogP contribution in [0.2, 0.25) is 0 Å². The van der Waals surface area contributed by atoms with Gasteiger partial charge < -0.3 is 19.7 Å². The SMILES string of the molecule is CC1(C)OC(=C2C(=O)Nc3cc(Br)ccc32)C=C1N1CCOCC1. The number of carbonyl (C=O) groups excluding carboxylic acids is 1. The van der Waals surface area contributed by atoms with Gasteiger partial charge in [0.05, 0.1) is 30.2 Å². The molecule has 1 aromatic carbocycles. The summed E-state index contributed by atoms with van der Waals surface area (Å²) in [5.41, 5.74) is 2.94. The van der Waals surface area contributed by atoms with Crippen molar-refractivity contribution in [2.24, 2.45) is 0 Å². The van der Waals surface area contributed by atoms with Crippen LogP contribution in [0, 0.1) is 0 Å². The number of ether oxygens (including phenoxy) is 2. The molecule has 0 unspecified atom stereocenters. The molecule has 6 heteroatoms. The molecule has 1 aromatic rings. The Kier molecular flexibility index (Phi) is 3.69. The van der Waals surface area contributed by atoms with Gasteiger partial charge in [0.2, 0.25) is 0 Å². The number of benzene rings is 1. The molecule has 0 saturated carbocycles. The van der Waals surface area contributed by atoms with Gasteiger partial charge in [0.15, 0.2) is 0 Å². The normalized spacial score (nSPS) is 25.2. The Morgan fingerprint density at radius 2 is 2.00 bits per heavy atom. The van der Waals surface area contributed by atoms with Gasteiger partial charge in [0.25, 0.3) is 5.91 Å². The molecule has 1 saturated heterocycles. The van der Waals surface area contributed by atoms with Gasteiger partial charge in [-0.2, -0.15) is 0 Å². The summed E-state index contributed by atoms with van der Waals surface area (Å²) in [5.74, 6) is 0.522. The zero-order valence-electron chi connectivity index (χ0n) is 13.7. The molecule has 3 aliphatic rings. The molecule has 0 radical (unpaired) electrons. The molecule has 0 bridgehead atoms. The number of morpholine rings is 1. The van der Waals surface area contributed by atoms with Crippen LogP contribution in [0.3, 0.4) is 0 Å². The first-order valence-corrected chi connectivity index (χ1v) is 8.84. The number of fused-ring (bicyclic) bond motifs is 1. The lowest BCUT2D eigenvalue weighted by Gasteiger charge is -2.35. The van der Waals surface area contributed by atoms with Crippen molar-refractivity contribution < 1.29 is 14.3 Å². The standard InChI is InChI=1S/C18H19BrN2O3/c1-18(2)15(21-5-7-23-8-6-21)10-14(24-18)16-12-4-3-11(19)9-13(12)20-17(16)22/h3-4,9-10H,5-8H2,1-2H3,(H,20,22). The summed E-state index contributed by atoms with van der Waals surface area (Å²) in [4.78, 5) is 14.8. The van der Waals surface area contributed by atoms with E-state index in [4.69, 9.17) is 9.47 Å². The summed E-state index contributed by atoms with van der Waals surface area (Å²) in [6.07, 6.45) is 2.01. The summed E-state index contributed by atoms with van der Waals surface area (Å²) < 4.78 is 12.6. The molecule has 24 heavy (non-hydrogen) atoms. The summed E-state index contributed by atoms with van der Waals surface area (Å²) in [6.45, 7) is 7.20. The molecule has 3 heterocycles. The Morgan fingerprint density at radius 1 is 1.25 bits per heavy atom. The van der Waals surface area contributed by atoms with Crippen molar-refractivity contribution >= 4 is 33.1 Å². The molecule has 0 spiro atoms. The largest absolute Gasteiger partial charge is 0.481 e. The highest BCUT2D eigenvalue weighted by molar-refractivity contribution is 9.10. The third kappa shape index (κ3) is 2.54. The Hall–Kier alpha value is -1.79. The molecule has 1 N–H and O–H groups in total. The lowest BCUT2D eigenvalue weighted by Crippen LogP contribution is -2.41. The van der Waals surface area contributed by atoms with E-state index in [2.05, 4.69) is 26.1 Å². The number of carbonyl (C=O) groups is 1. The van der Waals surface area contributed by atoms with Crippen molar-refractivity contribution in [3.05, 3.63) is 45.8 Å². The van der Waals surface area contributed by atoms with Crippen LogP contribution in [-0.4, -0.2) is 42.7 Å². The molecule has 126 valence electrons. The van der Waals surface area contributed by atoms with E-state index in [0.29, 0.717) is 11.3 Å². The maximum Gasteiger partial charge on any atom is 0.260 e. The Balaban J connectivity index is 1.78. The molecule has 0 atom stereocenters. The second-order valence-corrected chi connectivity index (χ2v) is 7.54. The summed E-state index contributed by atoms with van der Waals surface area (Å²) >= 11 is 3.44. The predicted octanol–water partition coefficient (Wildman–Crippen LogP) is 3.14. The number of hydrogen-bond donors (Lipinski definition) is 1. The molecule has 1 amide bonds. The number of amides is 1. The first-order valence-electron chi connectivity index (χ1n) is 8.05. The van der Waals surface area contributed by atoms with E-state index in [9.17, 15) is 4.79 Å². The van der Waals surface area contributed by atoms with E-state index in [-0.39, 0.29) is 5.91 Å². The fraction of sp³-hybridized carbons (Fsp3) is 0.389. The monoisotopic (exact) mass is 390 g/mol. The zero-order chi connectivity index (χ0) is 16.9. The topological polar surface area (TPSA) is 50.8 Å². The quantitative estimate of drug-likeness (QED) is 0.748. The minimum Gasteiger partial charge on any atom is -0.481 e. The van der Waals surface area contributed by atoms with E-state index in [0.717, 1.165) is 47.7 Å². The fourth-order valence-electron chi connectivity index (χ4n) is 3.44. The second-order valence-electron chi connectivity index (χ2n) is 6.62. The number of hydrogen-bond acceptors (Lipinski definition) is 4. The van der Waals surface area contributed by atoms with Crippen LogP contribution in [0.1, 0.15) is 19.4 Å². The summed E-state index contributed by atoms with van der Waals surface area (Å²) in [7, 11) is 0. The third-order valence-corrected chi connectivity index (χ3v) is 5.07. The van der Waals surface area contributed by atoms with Crippen LogP contribution in [0.15, 0.2) is 40.2 Å². The first-order chi connectivity index (χ1) is 11.5. The third-order valence-electron chi connectivity index (χ3n) is 4.57. The van der Waals surface area contributed by atoms with Crippen molar-refractivity contribution in [3.8, 4) is 0 Å². The van der Waals surface area contributed by atoms with Gasteiger partial charge in [-0.3, -0.25) is 4.79 Å². The molecule has 0 aliphatic carbocycles. The maximum absolute atomic E-state index is 12.5. The lowest BCUT2D eigenvalue weighted by atomic mass is 10.0. The summed E-state index contributed by atoms with van der Waals surface area (Å²) in [6, 6.07) is 5.79. The van der Waals surface area contributed by atoms with E-state index in [1.165, 1.54) is 0 Å². The molecule has 0 aromatic heterocycles. The zero-order valence-corrected chi connectivity index (χ0v) is 15.3. The van der Waals surface area contributed by atoms with Crippen molar-refractivity contribution in [2.75, 3.05) is 31.6 Å². The van der Waals surface area contributed by atoms with Crippen LogP contribution in [0.25, 0.3) is 5.57 Å². The molecule has 3 aliphatic heterocycles. The average Bonchev–Trinajstić information content (AvgIpc) is 3.02. The van der Waals surface area contributed by atoms with Gasteiger partial charge in [0.1, 0.15) is 11.4 Å². The number of rotatable bonds is 1. The summed E-state index contributed by atoms with van der Waals surface area (Å²) in [5, 5.41) is 2.92. The number of allylic oxidation sites excluding steroid dienone is 1. The van der Waals surface area contributed by atoms with Crippen LogP contribution in [0.4, 0.5) is 5.69 Å². The van der Waals surface area contributed by atoms with Crippen LogP contribution in [-0.2, 0) is 14.3 Å². The minimum absolute atomic E-state index is 0.117. The maximum atomic E-state index is 12.5. The lowest BCUT2D eigenvalue weighted by molar-refractivity contribution is -0.111. The highest BCUT2D eigenvalue weighted by Gasteiger charge is 2.39. The average molecular weight is 391 g/mol. The highest BCUT2D eigenvalue weighted by Crippen LogP contribution is 2.42. The molecule has 5 nitrogen and oxygen atoms in total. The smallest absolute Gasteiger partial charge is 0.260 e. The van der Waals surface area contributed by atoms with E-state index < -0.39 is 5.60 Å². The van der Waals surface area contributed by atoms with Gasteiger partial charge in [-0.1, -0.05) is 22.0 Å². The number of anilines is 1. The van der Waals surface area contributed by atoms with Crippen molar-refractivity contribution in [3.63, 3.8) is 0 Å². The first kappa shape index (κ1) is 15.7. The van der Waals surface area contributed by atoms with Crippen LogP contribution < -0.4 is 5.32 Å². The van der Waals surface area contributed by atoms with Crippen LogP contribution in [0.5, 0.6) is 0 Å². The number of nitrogens with one attached hydrogen (secondary N) is 1. The van der Waals surface area contributed by atoms with Crippen LogP contribution >= 0.6 is 15.9 Å². The predicted molar refractivity (Wildman–Crippen MR) is 95.3 cm³/mol. The van der Waals surface area contributed by atoms with E-state index >= 15 is 0 Å². The Morgan fingerprint density at radius 3 is 2.75 bits per heavy atom. The Labute approximate surface area is 149 Å². The highest BCUT2D eigenvalue weighted by atomic mass is 79.9. The number of nitrogens with zero attached hydrogens (tertiary/aromatic N) is 1. The van der Waals surface area contributed by atoms with E-state index in [1.807, 2.05) is 38.1 Å². The minimum atomic E-state index is -0.460. The second kappa shape index (κ2) is 5.63. The van der Waals surface area contributed by atoms with Gasteiger partial charge in [-0.25, -0.2) is 0 Å².